The molecule has 1 heterocycles. The molecule has 1 aliphatic rings. The van der Waals surface area contributed by atoms with Crippen molar-refractivity contribution in [2.75, 3.05) is 27.2 Å². The summed E-state index contributed by atoms with van der Waals surface area (Å²) in [4.78, 5) is 13.5. The fourth-order valence-electron chi connectivity index (χ4n) is 3.18. The summed E-state index contributed by atoms with van der Waals surface area (Å²) in [6.07, 6.45) is -2.38. The number of benzene rings is 1. The molecule has 0 spiro atoms. The van der Waals surface area contributed by atoms with Crippen molar-refractivity contribution in [3.8, 4) is 0 Å². The van der Waals surface area contributed by atoms with Gasteiger partial charge in [0, 0.05) is 19.6 Å². The largest absolute Gasteiger partial charge is 0.416 e. The molecule has 7 heteroatoms. The minimum Gasteiger partial charge on any atom is -0.341 e. The van der Waals surface area contributed by atoms with Crippen LogP contribution in [-0.2, 0) is 6.18 Å². The number of carbonyl (C=O) groups is 1. The van der Waals surface area contributed by atoms with Gasteiger partial charge in [0.25, 0.3) is 0 Å². The van der Waals surface area contributed by atoms with E-state index >= 15 is 0 Å². The average Bonchev–Trinajstić information content (AvgIpc) is 2.52. The quantitative estimate of drug-likeness (QED) is 0.895. The highest BCUT2D eigenvalue weighted by molar-refractivity contribution is 5.73. The standard InChI is InChI=1S/C16H22F3N3O/c1-20-15(23)21-10-12-4-3-9-22(2)14(12)11-5-7-13(8-6-11)16(17,18)19/h5-8,12,14H,3-4,9-10H2,1-2H3,(H2,20,21,23)/t12-,14-/m0/s1. The number of hydrogen-bond acceptors (Lipinski definition) is 2. The maximum absolute atomic E-state index is 12.7. The third kappa shape index (κ3) is 4.37. The number of rotatable bonds is 3. The average molecular weight is 329 g/mol. The molecule has 0 saturated carbocycles. The normalized spacial score (nSPS) is 22.7. The second kappa shape index (κ2) is 7.21. The number of nitrogens with zero attached hydrogens (tertiary/aromatic N) is 1. The molecule has 4 nitrogen and oxygen atoms in total. The maximum Gasteiger partial charge on any atom is 0.416 e. The highest BCUT2D eigenvalue weighted by Crippen LogP contribution is 2.36. The lowest BCUT2D eigenvalue weighted by Gasteiger charge is -2.39. The molecule has 1 aromatic rings. The van der Waals surface area contributed by atoms with Gasteiger partial charge < -0.3 is 10.6 Å². The predicted octanol–water partition coefficient (Wildman–Crippen LogP) is 3.02. The van der Waals surface area contributed by atoms with Gasteiger partial charge in [-0.3, -0.25) is 4.90 Å². The molecule has 0 aliphatic carbocycles. The molecule has 2 rings (SSSR count). The molecule has 1 saturated heterocycles. The fraction of sp³-hybridized carbons (Fsp3) is 0.562. The van der Waals surface area contributed by atoms with E-state index in [1.54, 1.807) is 19.2 Å². The van der Waals surface area contributed by atoms with Gasteiger partial charge in [-0.1, -0.05) is 12.1 Å². The molecule has 1 aromatic carbocycles. The molecule has 2 atom stereocenters. The summed E-state index contributed by atoms with van der Waals surface area (Å²) in [5.41, 5.74) is 0.212. The topological polar surface area (TPSA) is 44.4 Å². The molecule has 0 bridgehead atoms. The number of piperidine rings is 1. The molecular weight excluding hydrogens is 307 g/mol. The number of alkyl halides is 3. The Balaban J connectivity index is 2.16. The van der Waals surface area contributed by atoms with Gasteiger partial charge in [0.15, 0.2) is 0 Å². The molecule has 128 valence electrons. The Labute approximate surface area is 134 Å². The highest BCUT2D eigenvalue weighted by atomic mass is 19.4. The summed E-state index contributed by atoms with van der Waals surface area (Å²) in [5.74, 6) is 0.169. The SMILES string of the molecule is CNC(=O)NC[C@@H]1CCCN(C)[C@H]1c1ccc(C(F)(F)F)cc1. The highest BCUT2D eigenvalue weighted by Gasteiger charge is 2.33. The number of halogens is 3. The number of likely N-dealkylation sites (tertiary alicyclic amines) is 1. The van der Waals surface area contributed by atoms with Crippen LogP contribution in [0.4, 0.5) is 18.0 Å². The van der Waals surface area contributed by atoms with Crippen molar-refractivity contribution in [1.82, 2.24) is 15.5 Å². The third-order valence-electron chi connectivity index (χ3n) is 4.34. The summed E-state index contributed by atoms with van der Waals surface area (Å²) in [6, 6.07) is 5.10. The van der Waals surface area contributed by atoms with Crippen molar-refractivity contribution in [2.45, 2.75) is 25.1 Å². The Morgan fingerprint density at radius 3 is 2.52 bits per heavy atom. The van der Waals surface area contributed by atoms with Crippen LogP contribution in [0.2, 0.25) is 0 Å². The van der Waals surface area contributed by atoms with Crippen molar-refractivity contribution < 1.29 is 18.0 Å². The van der Waals surface area contributed by atoms with Crippen molar-refractivity contribution in [3.05, 3.63) is 35.4 Å². The van der Waals surface area contributed by atoms with Crippen LogP contribution in [0.15, 0.2) is 24.3 Å². The van der Waals surface area contributed by atoms with E-state index in [1.807, 2.05) is 7.05 Å². The Kier molecular flexibility index (Phi) is 5.51. The van der Waals surface area contributed by atoms with E-state index in [0.717, 1.165) is 37.1 Å². The first-order chi connectivity index (χ1) is 10.8. The van der Waals surface area contributed by atoms with Crippen molar-refractivity contribution in [3.63, 3.8) is 0 Å². The third-order valence-corrected chi connectivity index (χ3v) is 4.34. The molecule has 2 amide bonds. The van der Waals surface area contributed by atoms with Gasteiger partial charge in [0.1, 0.15) is 0 Å². The van der Waals surface area contributed by atoms with Crippen molar-refractivity contribution in [1.29, 1.82) is 0 Å². The number of hydrogen-bond donors (Lipinski definition) is 2. The smallest absolute Gasteiger partial charge is 0.341 e. The van der Waals surface area contributed by atoms with E-state index in [4.69, 9.17) is 0 Å². The van der Waals surface area contributed by atoms with Crippen molar-refractivity contribution >= 4 is 6.03 Å². The van der Waals surface area contributed by atoms with Crippen LogP contribution in [0, 0.1) is 5.92 Å². The summed E-state index contributed by atoms with van der Waals surface area (Å²) in [5, 5.41) is 5.31. The van der Waals surface area contributed by atoms with Gasteiger partial charge in [0.2, 0.25) is 0 Å². The minimum atomic E-state index is -4.32. The van der Waals surface area contributed by atoms with E-state index < -0.39 is 11.7 Å². The Hall–Kier alpha value is -1.76. The van der Waals surface area contributed by atoms with Gasteiger partial charge in [-0.05, 0) is 50.0 Å². The number of carbonyl (C=O) groups excluding carboxylic acids is 1. The number of amides is 2. The molecule has 2 N–H and O–H groups in total. The molecule has 0 unspecified atom stereocenters. The second-order valence-electron chi connectivity index (χ2n) is 5.91. The zero-order valence-corrected chi connectivity index (χ0v) is 13.3. The van der Waals surface area contributed by atoms with E-state index in [1.165, 1.54) is 0 Å². The fourth-order valence-corrected chi connectivity index (χ4v) is 3.18. The van der Waals surface area contributed by atoms with Crippen LogP contribution >= 0.6 is 0 Å². The maximum atomic E-state index is 12.7. The molecule has 0 radical (unpaired) electrons. The van der Waals surface area contributed by atoms with E-state index in [9.17, 15) is 18.0 Å². The summed E-state index contributed by atoms with van der Waals surface area (Å²) in [6.45, 7) is 1.39. The number of urea groups is 1. The van der Waals surface area contributed by atoms with E-state index in [2.05, 4.69) is 15.5 Å². The Morgan fingerprint density at radius 1 is 1.30 bits per heavy atom. The molecule has 1 aliphatic heterocycles. The molecular formula is C16H22F3N3O. The van der Waals surface area contributed by atoms with Crippen LogP contribution in [-0.4, -0.2) is 38.1 Å². The predicted molar refractivity (Wildman–Crippen MR) is 82.0 cm³/mol. The lowest BCUT2D eigenvalue weighted by molar-refractivity contribution is -0.137. The second-order valence-corrected chi connectivity index (χ2v) is 5.91. The summed E-state index contributed by atoms with van der Waals surface area (Å²) in [7, 11) is 3.52. The lowest BCUT2D eigenvalue weighted by atomic mass is 9.84. The molecule has 1 fully saturated rings. The number of nitrogens with one attached hydrogen (secondary N) is 2. The first-order valence-corrected chi connectivity index (χ1v) is 7.66. The minimum absolute atomic E-state index is 0.00295. The van der Waals surface area contributed by atoms with Gasteiger partial charge in [-0.25, -0.2) is 4.79 Å². The molecule has 0 aromatic heterocycles. The van der Waals surface area contributed by atoms with Crippen LogP contribution in [0.5, 0.6) is 0 Å². The molecule has 23 heavy (non-hydrogen) atoms. The summed E-state index contributed by atoms with van der Waals surface area (Å²) >= 11 is 0. The first kappa shape index (κ1) is 17.6. The Morgan fingerprint density at radius 2 is 1.96 bits per heavy atom. The summed E-state index contributed by atoms with van der Waals surface area (Å²) < 4.78 is 38.1. The van der Waals surface area contributed by atoms with Crippen LogP contribution in [0.3, 0.4) is 0 Å². The van der Waals surface area contributed by atoms with Gasteiger partial charge in [-0.2, -0.15) is 13.2 Å². The van der Waals surface area contributed by atoms with Crippen LogP contribution in [0.25, 0.3) is 0 Å². The zero-order chi connectivity index (χ0) is 17.0. The first-order valence-electron chi connectivity index (χ1n) is 7.66. The van der Waals surface area contributed by atoms with E-state index in [-0.39, 0.29) is 18.0 Å². The van der Waals surface area contributed by atoms with Gasteiger partial charge >= 0.3 is 12.2 Å². The lowest BCUT2D eigenvalue weighted by Crippen LogP contribution is -2.43. The van der Waals surface area contributed by atoms with E-state index in [0.29, 0.717) is 6.54 Å². The Bertz CT molecular complexity index is 530. The van der Waals surface area contributed by atoms with Crippen LogP contribution < -0.4 is 10.6 Å². The van der Waals surface area contributed by atoms with Gasteiger partial charge in [0.05, 0.1) is 5.56 Å². The van der Waals surface area contributed by atoms with Gasteiger partial charge in [-0.15, -0.1) is 0 Å². The van der Waals surface area contributed by atoms with Crippen molar-refractivity contribution in [2.24, 2.45) is 5.92 Å². The monoisotopic (exact) mass is 329 g/mol. The van der Waals surface area contributed by atoms with Crippen LogP contribution in [0.1, 0.15) is 30.0 Å². The zero-order valence-electron chi connectivity index (χ0n) is 13.3.